The summed E-state index contributed by atoms with van der Waals surface area (Å²) in [6, 6.07) is 8.52. The van der Waals surface area contributed by atoms with Gasteiger partial charge < -0.3 is 9.15 Å². The van der Waals surface area contributed by atoms with Crippen molar-refractivity contribution < 1.29 is 9.15 Å². The first-order chi connectivity index (χ1) is 11.6. The number of nitrogens with one attached hydrogen (secondary N) is 1. The average Bonchev–Trinajstić information content (AvgIpc) is 2.59. The molecular formula is C18H14N2O4. The maximum absolute atomic E-state index is 12.2. The van der Waals surface area contributed by atoms with E-state index < -0.39 is 11.2 Å². The highest BCUT2D eigenvalue weighted by atomic mass is 16.5. The monoisotopic (exact) mass is 322 g/mol. The average molecular weight is 322 g/mol. The molecule has 1 N–H and O–H groups in total. The van der Waals surface area contributed by atoms with Gasteiger partial charge in [0.05, 0.1) is 0 Å². The zero-order valence-electron chi connectivity index (χ0n) is 13.0. The first-order valence-electron chi connectivity index (χ1n) is 7.36. The van der Waals surface area contributed by atoms with E-state index in [1.54, 1.807) is 12.1 Å². The van der Waals surface area contributed by atoms with Crippen LogP contribution in [0.25, 0.3) is 11.1 Å². The van der Waals surface area contributed by atoms with Gasteiger partial charge in [-0.25, -0.2) is 4.79 Å². The smallest absolute Gasteiger partial charge is 0.337 e. The van der Waals surface area contributed by atoms with E-state index in [2.05, 4.69) is 15.9 Å². The summed E-state index contributed by atoms with van der Waals surface area (Å²) >= 11 is 0. The molecule has 6 nitrogen and oxygen atoms in total. The van der Waals surface area contributed by atoms with Crippen molar-refractivity contribution in [2.75, 3.05) is 0 Å². The Morgan fingerprint density at radius 3 is 2.71 bits per heavy atom. The number of rotatable bonds is 4. The minimum Gasteiger partial charge on any atom is -0.460 e. The van der Waals surface area contributed by atoms with Gasteiger partial charge in [0.2, 0.25) is 5.71 Å². The van der Waals surface area contributed by atoms with Gasteiger partial charge in [-0.2, -0.15) is 4.98 Å². The van der Waals surface area contributed by atoms with Crippen molar-refractivity contribution in [3.63, 3.8) is 0 Å². The molecule has 0 atom stereocenters. The first kappa shape index (κ1) is 15.6. The number of H-pyrrole nitrogens is 1. The van der Waals surface area contributed by atoms with Gasteiger partial charge in [0, 0.05) is 11.6 Å². The van der Waals surface area contributed by atoms with Crippen LogP contribution in [0.4, 0.5) is 0 Å². The molecule has 0 amide bonds. The summed E-state index contributed by atoms with van der Waals surface area (Å²) in [4.78, 5) is 30.4. The lowest BCUT2D eigenvalue weighted by atomic mass is 10.1. The van der Waals surface area contributed by atoms with E-state index >= 15 is 0 Å². The molecule has 120 valence electrons. The number of nitrogens with zero attached hydrogens (tertiary/aromatic N) is 1. The second-order valence-corrected chi connectivity index (χ2v) is 5.13. The second kappa shape index (κ2) is 6.42. The van der Waals surface area contributed by atoms with Gasteiger partial charge in [-0.1, -0.05) is 25.0 Å². The van der Waals surface area contributed by atoms with E-state index in [0.29, 0.717) is 12.0 Å². The summed E-state index contributed by atoms with van der Waals surface area (Å²) in [5.74, 6) is 2.53. The zero-order chi connectivity index (χ0) is 17.1. The maximum atomic E-state index is 12.2. The Hall–Kier alpha value is -3.33. The van der Waals surface area contributed by atoms with Gasteiger partial charge in [0.15, 0.2) is 0 Å². The Labute approximate surface area is 137 Å². The van der Waals surface area contributed by atoms with E-state index in [-0.39, 0.29) is 23.7 Å². The van der Waals surface area contributed by atoms with Crippen molar-refractivity contribution in [1.82, 2.24) is 9.97 Å². The number of aryl methyl sites for hydroxylation is 1. The van der Waals surface area contributed by atoms with Crippen LogP contribution in [0.3, 0.4) is 0 Å². The maximum Gasteiger partial charge on any atom is 0.337 e. The van der Waals surface area contributed by atoms with Crippen LogP contribution in [-0.4, -0.2) is 9.97 Å². The van der Waals surface area contributed by atoms with Crippen LogP contribution in [0.2, 0.25) is 0 Å². The van der Waals surface area contributed by atoms with Gasteiger partial charge in [-0.15, -0.1) is 6.42 Å². The predicted octanol–water partition coefficient (Wildman–Crippen LogP) is 2.00. The molecule has 0 aliphatic heterocycles. The fourth-order valence-electron chi connectivity index (χ4n) is 2.33. The molecule has 0 aliphatic rings. The lowest BCUT2D eigenvalue weighted by Crippen LogP contribution is -2.15. The van der Waals surface area contributed by atoms with Crippen LogP contribution in [0.15, 0.2) is 44.3 Å². The number of terminal acetylenes is 1. The number of hydrogen-bond donors (Lipinski definition) is 1. The van der Waals surface area contributed by atoms with Crippen molar-refractivity contribution in [2.45, 2.75) is 20.0 Å². The fraction of sp³-hybridized carbons (Fsp3) is 0.167. The summed E-state index contributed by atoms with van der Waals surface area (Å²) < 4.78 is 10.5. The second-order valence-electron chi connectivity index (χ2n) is 5.13. The lowest BCUT2D eigenvalue weighted by molar-refractivity contribution is 0.279. The van der Waals surface area contributed by atoms with E-state index in [1.165, 1.54) is 6.07 Å². The van der Waals surface area contributed by atoms with Crippen LogP contribution < -0.4 is 15.9 Å². The van der Waals surface area contributed by atoms with Crippen molar-refractivity contribution in [1.29, 1.82) is 0 Å². The lowest BCUT2D eigenvalue weighted by Gasteiger charge is -2.07. The molecule has 24 heavy (non-hydrogen) atoms. The Bertz CT molecular complexity index is 1040. The van der Waals surface area contributed by atoms with Crippen LogP contribution in [0, 0.1) is 12.3 Å². The van der Waals surface area contributed by atoms with Crippen LogP contribution >= 0.6 is 0 Å². The highest BCUT2D eigenvalue weighted by Crippen LogP contribution is 2.14. The molecule has 2 aromatic heterocycles. The molecule has 3 rings (SSSR count). The van der Waals surface area contributed by atoms with E-state index in [4.69, 9.17) is 15.6 Å². The highest BCUT2D eigenvalue weighted by molar-refractivity contribution is 5.75. The molecule has 6 heteroatoms. The molecule has 0 saturated heterocycles. The molecule has 0 unspecified atom stereocenters. The van der Waals surface area contributed by atoms with E-state index in [1.807, 2.05) is 19.1 Å². The number of aromatic nitrogens is 2. The summed E-state index contributed by atoms with van der Waals surface area (Å²) in [5.41, 5.74) is 1.24. The summed E-state index contributed by atoms with van der Waals surface area (Å²) in [5, 5.41) is 0.267. The Balaban J connectivity index is 1.91. The summed E-state index contributed by atoms with van der Waals surface area (Å²) in [7, 11) is 0. The van der Waals surface area contributed by atoms with Crippen LogP contribution in [-0.2, 0) is 13.0 Å². The van der Waals surface area contributed by atoms with Crippen molar-refractivity contribution >= 4 is 11.1 Å². The number of fused-ring (bicyclic) bond motifs is 1. The Morgan fingerprint density at radius 1 is 1.29 bits per heavy atom. The number of ether oxygens (including phenoxy) is 1. The zero-order valence-corrected chi connectivity index (χ0v) is 13.0. The van der Waals surface area contributed by atoms with Crippen LogP contribution in [0.5, 0.6) is 6.01 Å². The third-order valence-electron chi connectivity index (χ3n) is 3.55. The van der Waals surface area contributed by atoms with Gasteiger partial charge in [-0.05, 0) is 29.7 Å². The van der Waals surface area contributed by atoms with E-state index in [9.17, 15) is 9.59 Å². The topological polar surface area (TPSA) is 85.2 Å². The number of hydrogen-bond acceptors (Lipinski definition) is 5. The normalized spacial score (nSPS) is 10.5. The van der Waals surface area contributed by atoms with Crippen molar-refractivity contribution in [3.05, 3.63) is 67.8 Å². The van der Waals surface area contributed by atoms with E-state index in [0.717, 1.165) is 11.1 Å². The minimum absolute atomic E-state index is 0.00932. The van der Waals surface area contributed by atoms with Crippen molar-refractivity contribution in [2.24, 2.45) is 0 Å². The molecule has 0 radical (unpaired) electrons. The van der Waals surface area contributed by atoms with Gasteiger partial charge in [0.1, 0.15) is 12.0 Å². The third-order valence-corrected chi connectivity index (χ3v) is 3.55. The molecule has 2 heterocycles. The summed E-state index contributed by atoms with van der Waals surface area (Å²) in [6.45, 7) is 2.04. The summed E-state index contributed by atoms with van der Waals surface area (Å²) in [6.07, 6.45) is 5.83. The quantitative estimate of drug-likeness (QED) is 0.743. The standard InChI is InChI=1S/C18H14N2O4/c1-3-11-5-7-12(8-6-11)10-23-18-19-16(22)15-13(4-2)9-14(21)24-17(15)20-18/h1,5-9H,4,10H2,2H3,(H,19,20,22). The molecule has 1 aromatic carbocycles. The molecule has 0 bridgehead atoms. The Kier molecular flexibility index (Phi) is 4.17. The molecular weight excluding hydrogens is 308 g/mol. The minimum atomic E-state index is -0.548. The van der Waals surface area contributed by atoms with Crippen LogP contribution in [0.1, 0.15) is 23.6 Å². The molecule has 3 aromatic rings. The van der Waals surface area contributed by atoms with Crippen molar-refractivity contribution in [3.8, 4) is 18.4 Å². The SMILES string of the molecule is C#Cc1ccc(COc2nc3oc(=O)cc(CC)c3c(=O)[nH]2)cc1. The molecule has 0 saturated carbocycles. The highest BCUT2D eigenvalue weighted by Gasteiger charge is 2.12. The predicted molar refractivity (Wildman–Crippen MR) is 89.0 cm³/mol. The van der Waals surface area contributed by atoms with Gasteiger partial charge in [-0.3, -0.25) is 9.78 Å². The fourth-order valence-corrected chi connectivity index (χ4v) is 2.33. The molecule has 0 spiro atoms. The molecule has 0 aliphatic carbocycles. The largest absolute Gasteiger partial charge is 0.460 e. The number of aromatic amines is 1. The third kappa shape index (κ3) is 3.06. The van der Waals surface area contributed by atoms with Gasteiger partial charge >= 0.3 is 5.63 Å². The van der Waals surface area contributed by atoms with Gasteiger partial charge in [0.25, 0.3) is 11.6 Å². The Morgan fingerprint density at radius 2 is 2.04 bits per heavy atom. The number of benzene rings is 1. The first-order valence-corrected chi connectivity index (χ1v) is 7.36. The molecule has 0 fully saturated rings.